The summed E-state index contributed by atoms with van der Waals surface area (Å²) in [5.41, 5.74) is 2.09. The first-order valence-corrected chi connectivity index (χ1v) is 10.5. The van der Waals surface area contributed by atoms with Crippen molar-refractivity contribution in [3.8, 4) is 0 Å². The van der Waals surface area contributed by atoms with Crippen LogP contribution in [0.25, 0.3) is 0 Å². The molecule has 0 unspecified atom stereocenters. The highest BCUT2D eigenvalue weighted by Crippen LogP contribution is 2.38. The molecule has 0 atom stereocenters. The van der Waals surface area contributed by atoms with Gasteiger partial charge in [0.25, 0.3) is 0 Å². The highest BCUT2D eigenvalue weighted by atomic mass is 32.1. The average molecular weight is 420 g/mol. The van der Waals surface area contributed by atoms with Crippen LogP contribution in [0, 0.1) is 17.0 Å². The van der Waals surface area contributed by atoms with Gasteiger partial charge in [0.1, 0.15) is 5.00 Å². The maximum Gasteiger partial charge on any atom is 0.390 e. The van der Waals surface area contributed by atoms with Gasteiger partial charge in [0.15, 0.2) is 0 Å². The smallest absolute Gasteiger partial charge is 0.390 e. The molecule has 2 heterocycles. The summed E-state index contributed by atoms with van der Waals surface area (Å²) >= 11 is 1.44. The van der Waals surface area contributed by atoms with Gasteiger partial charge in [-0.1, -0.05) is 6.92 Å². The lowest BCUT2D eigenvalue weighted by atomic mass is 9.95. The number of amides is 1. The van der Waals surface area contributed by atoms with Crippen LogP contribution in [0.5, 0.6) is 0 Å². The third-order valence-corrected chi connectivity index (χ3v) is 5.98. The molecule has 0 radical (unpaired) electrons. The lowest BCUT2D eigenvalue weighted by Gasteiger charge is -2.12. The van der Waals surface area contributed by atoms with Crippen molar-refractivity contribution in [3.05, 3.63) is 37.9 Å². The number of carbonyl (C=O) groups is 2. The molecule has 0 spiro atoms. The fourth-order valence-electron chi connectivity index (χ4n) is 3.34. The summed E-state index contributed by atoms with van der Waals surface area (Å²) in [6.45, 7) is 4.19. The quantitative estimate of drug-likeness (QED) is 0.396. The Hall–Kier alpha value is -2.75. The number of hydrogen-bond donors (Lipinski definition) is 1. The van der Waals surface area contributed by atoms with E-state index in [2.05, 4.69) is 10.4 Å². The number of hydrogen-bond acceptors (Lipinski definition) is 7. The van der Waals surface area contributed by atoms with Crippen molar-refractivity contribution in [2.45, 2.75) is 58.9 Å². The topological polar surface area (TPSA) is 116 Å². The lowest BCUT2D eigenvalue weighted by molar-refractivity contribution is -0.389. The van der Waals surface area contributed by atoms with Crippen molar-refractivity contribution in [2.75, 3.05) is 11.9 Å². The summed E-state index contributed by atoms with van der Waals surface area (Å²) < 4.78 is 6.77. The third kappa shape index (κ3) is 4.81. The van der Waals surface area contributed by atoms with E-state index in [1.165, 1.54) is 22.1 Å². The summed E-state index contributed by atoms with van der Waals surface area (Å²) in [5.74, 6) is -0.902. The zero-order valence-electron chi connectivity index (χ0n) is 16.5. The van der Waals surface area contributed by atoms with Crippen LogP contribution in [0.1, 0.15) is 59.1 Å². The summed E-state index contributed by atoms with van der Waals surface area (Å²) in [6.07, 6.45) is 4.62. The van der Waals surface area contributed by atoms with Crippen LogP contribution in [0.4, 0.5) is 10.8 Å². The summed E-state index contributed by atoms with van der Waals surface area (Å²) in [6, 6.07) is 1.37. The van der Waals surface area contributed by atoms with Crippen molar-refractivity contribution in [1.29, 1.82) is 0 Å². The van der Waals surface area contributed by atoms with Gasteiger partial charge in [-0.25, -0.2) is 4.79 Å². The number of ether oxygens (including phenoxy) is 1. The molecular weight excluding hydrogens is 396 g/mol. The predicted octanol–water partition coefficient (Wildman–Crippen LogP) is 3.64. The SMILES string of the molecule is CCCOC(=O)c1c(NC(=O)CCn2nc([N+](=O)[O-])cc2C)sc2c1CCCC2. The second-order valence-electron chi connectivity index (χ2n) is 6.97. The molecule has 10 heteroatoms. The summed E-state index contributed by atoms with van der Waals surface area (Å²) in [4.78, 5) is 36.5. The zero-order valence-corrected chi connectivity index (χ0v) is 17.3. The van der Waals surface area contributed by atoms with E-state index in [1.54, 1.807) is 6.92 Å². The fraction of sp³-hybridized carbons (Fsp3) is 0.526. The fourth-order valence-corrected chi connectivity index (χ4v) is 4.64. The molecule has 2 aromatic heterocycles. The Balaban J connectivity index is 1.72. The van der Waals surface area contributed by atoms with Crippen LogP contribution in [0.2, 0.25) is 0 Å². The van der Waals surface area contributed by atoms with Gasteiger partial charge in [0.05, 0.1) is 35.6 Å². The van der Waals surface area contributed by atoms with Crippen LogP contribution in [0.15, 0.2) is 6.07 Å². The van der Waals surface area contributed by atoms with Crippen LogP contribution >= 0.6 is 11.3 Å². The van der Waals surface area contributed by atoms with Gasteiger partial charge in [0.2, 0.25) is 5.91 Å². The van der Waals surface area contributed by atoms with Gasteiger partial charge >= 0.3 is 11.8 Å². The first-order valence-electron chi connectivity index (χ1n) is 9.71. The largest absolute Gasteiger partial charge is 0.462 e. The van der Waals surface area contributed by atoms with Crippen LogP contribution in [-0.2, 0) is 28.9 Å². The summed E-state index contributed by atoms with van der Waals surface area (Å²) in [7, 11) is 0. The molecule has 29 heavy (non-hydrogen) atoms. The van der Waals surface area contributed by atoms with Gasteiger partial charge < -0.3 is 20.2 Å². The first kappa shape index (κ1) is 21.0. The normalized spacial score (nSPS) is 13.0. The minimum atomic E-state index is -0.562. The molecule has 1 aliphatic carbocycles. The lowest BCUT2D eigenvalue weighted by Crippen LogP contribution is -2.18. The summed E-state index contributed by atoms with van der Waals surface area (Å²) in [5, 5.41) is 18.1. The van der Waals surface area contributed by atoms with Gasteiger partial charge in [-0.3, -0.25) is 4.79 Å². The Labute approximate surface area is 172 Å². The molecule has 0 aliphatic heterocycles. The molecule has 0 fully saturated rings. The van der Waals surface area contributed by atoms with Crippen molar-refractivity contribution >= 4 is 34.0 Å². The first-order chi connectivity index (χ1) is 13.9. The molecule has 0 saturated heterocycles. The molecule has 1 N–H and O–H groups in total. The van der Waals surface area contributed by atoms with E-state index >= 15 is 0 Å². The van der Waals surface area contributed by atoms with Crippen molar-refractivity contribution in [2.24, 2.45) is 0 Å². The monoisotopic (exact) mass is 420 g/mol. The van der Waals surface area contributed by atoms with Crippen LogP contribution in [0.3, 0.4) is 0 Å². The molecule has 0 aromatic carbocycles. The van der Waals surface area contributed by atoms with Gasteiger partial charge in [0, 0.05) is 11.3 Å². The third-order valence-electron chi connectivity index (χ3n) is 4.77. The number of aryl methyl sites for hydroxylation is 3. The maximum absolute atomic E-state index is 12.6. The number of carbonyl (C=O) groups excluding carboxylic acids is 2. The maximum atomic E-state index is 12.6. The molecule has 0 bridgehead atoms. The molecule has 3 rings (SSSR count). The van der Waals surface area contributed by atoms with E-state index < -0.39 is 4.92 Å². The number of nitro groups is 1. The molecule has 2 aromatic rings. The van der Waals surface area contributed by atoms with Gasteiger partial charge in [-0.05, 0) is 49.5 Å². The molecule has 9 nitrogen and oxygen atoms in total. The van der Waals surface area contributed by atoms with Crippen molar-refractivity contribution in [3.63, 3.8) is 0 Å². The number of aromatic nitrogens is 2. The Morgan fingerprint density at radius 2 is 2.14 bits per heavy atom. The molecule has 1 aliphatic rings. The van der Waals surface area contributed by atoms with Crippen molar-refractivity contribution in [1.82, 2.24) is 9.78 Å². The number of nitrogens with one attached hydrogen (secondary N) is 1. The van der Waals surface area contributed by atoms with Crippen LogP contribution < -0.4 is 5.32 Å². The Bertz CT molecular complexity index is 933. The highest BCUT2D eigenvalue weighted by molar-refractivity contribution is 7.17. The predicted molar refractivity (Wildman–Crippen MR) is 108 cm³/mol. The van der Waals surface area contributed by atoms with E-state index in [0.29, 0.717) is 22.9 Å². The Morgan fingerprint density at radius 3 is 2.83 bits per heavy atom. The standard InChI is InChI=1S/C19H24N4O5S/c1-3-10-28-19(25)17-13-6-4-5-7-14(13)29-18(17)20-16(24)8-9-22-12(2)11-15(21-22)23(26)27/h11H,3-10H2,1-2H3,(H,20,24). The van der Waals surface area contributed by atoms with E-state index in [-0.39, 0.29) is 30.7 Å². The number of rotatable bonds is 8. The number of esters is 1. The molecule has 0 saturated carbocycles. The van der Waals surface area contributed by atoms with E-state index in [9.17, 15) is 19.7 Å². The zero-order chi connectivity index (χ0) is 21.0. The second kappa shape index (κ2) is 9.17. The number of fused-ring (bicyclic) bond motifs is 1. The van der Waals surface area contributed by atoms with Crippen molar-refractivity contribution < 1.29 is 19.2 Å². The van der Waals surface area contributed by atoms with E-state index in [1.807, 2.05) is 6.92 Å². The minimum absolute atomic E-state index is 0.0890. The average Bonchev–Trinajstić information content (AvgIpc) is 3.24. The Kier molecular flexibility index (Phi) is 6.63. The van der Waals surface area contributed by atoms with E-state index in [0.717, 1.165) is 42.5 Å². The number of nitrogens with zero attached hydrogens (tertiary/aromatic N) is 3. The van der Waals surface area contributed by atoms with E-state index in [4.69, 9.17) is 4.74 Å². The molecular formula is C19H24N4O5S. The molecule has 1 amide bonds. The molecule has 156 valence electrons. The number of thiophene rings is 1. The minimum Gasteiger partial charge on any atom is -0.462 e. The second-order valence-corrected chi connectivity index (χ2v) is 8.08. The highest BCUT2D eigenvalue weighted by Gasteiger charge is 2.27. The Morgan fingerprint density at radius 1 is 1.38 bits per heavy atom. The van der Waals surface area contributed by atoms with Crippen LogP contribution in [-0.4, -0.2) is 33.2 Å². The van der Waals surface area contributed by atoms with Gasteiger partial charge in [-0.2, -0.15) is 4.68 Å². The van der Waals surface area contributed by atoms with Gasteiger partial charge in [-0.15, -0.1) is 11.3 Å². The number of anilines is 1.